The number of hydrogen-bond donors (Lipinski definition) is 0. The summed E-state index contributed by atoms with van der Waals surface area (Å²) in [5.41, 5.74) is 0.748. The Balaban J connectivity index is 2.22. The summed E-state index contributed by atoms with van der Waals surface area (Å²) in [7, 11) is 0. The molecule has 2 rings (SSSR count). The van der Waals surface area contributed by atoms with Gasteiger partial charge in [-0.3, -0.25) is 4.79 Å². The van der Waals surface area contributed by atoms with Gasteiger partial charge in [0.1, 0.15) is 18.2 Å². The summed E-state index contributed by atoms with van der Waals surface area (Å²) in [4.78, 5) is 11.4. The van der Waals surface area contributed by atoms with Crippen LogP contribution in [0.1, 0.15) is 22.8 Å². The van der Waals surface area contributed by atoms with E-state index in [0.717, 1.165) is 0 Å². The molecule has 0 bridgehead atoms. The van der Waals surface area contributed by atoms with E-state index in [0.29, 0.717) is 16.3 Å². The van der Waals surface area contributed by atoms with Gasteiger partial charge in [-0.15, -0.1) is 0 Å². The maximum Gasteiger partial charge on any atom is 0.163 e. The second-order valence-electron chi connectivity index (χ2n) is 4.04. The maximum absolute atomic E-state index is 13.6. The Labute approximate surface area is 115 Å². The monoisotopic (exact) mass is 278 g/mol. The normalized spacial score (nSPS) is 10.3. The van der Waals surface area contributed by atoms with Gasteiger partial charge in [0.2, 0.25) is 0 Å². The molecule has 0 fully saturated rings. The predicted molar refractivity (Wildman–Crippen MR) is 72.2 cm³/mol. The lowest BCUT2D eigenvalue weighted by molar-refractivity contribution is 0.101. The van der Waals surface area contributed by atoms with Crippen LogP contribution in [0.15, 0.2) is 42.5 Å². The largest absolute Gasteiger partial charge is 0.488 e. The molecule has 98 valence electrons. The molecular weight excluding hydrogens is 267 g/mol. The maximum atomic E-state index is 13.6. The Kier molecular flexibility index (Phi) is 4.17. The van der Waals surface area contributed by atoms with E-state index in [9.17, 15) is 9.18 Å². The molecule has 0 aliphatic carbocycles. The number of hydrogen-bond acceptors (Lipinski definition) is 2. The molecule has 19 heavy (non-hydrogen) atoms. The van der Waals surface area contributed by atoms with Crippen LogP contribution in [0.4, 0.5) is 4.39 Å². The second-order valence-corrected chi connectivity index (χ2v) is 4.45. The van der Waals surface area contributed by atoms with Crippen LogP contribution < -0.4 is 4.74 Å². The van der Waals surface area contributed by atoms with Crippen molar-refractivity contribution in [3.8, 4) is 5.75 Å². The molecule has 0 aromatic heterocycles. The lowest BCUT2D eigenvalue weighted by Crippen LogP contribution is -2.03. The molecule has 0 saturated heterocycles. The second kappa shape index (κ2) is 5.85. The molecule has 0 atom stereocenters. The summed E-state index contributed by atoms with van der Waals surface area (Å²) >= 11 is 5.91. The van der Waals surface area contributed by atoms with Gasteiger partial charge in [-0.1, -0.05) is 29.8 Å². The fourth-order valence-corrected chi connectivity index (χ4v) is 1.92. The number of benzene rings is 2. The van der Waals surface area contributed by atoms with E-state index in [2.05, 4.69) is 0 Å². The molecule has 0 spiro atoms. The topological polar surface area (TPSA) is 26.3 Å². The van der Waals surface area contributed by atoms with Gasteiger partial charge in [0, 0.05) is 5.56 Å². The van der Waals surface area contributed by atoms with Crippen molar-refractivity contribution >= 4 is 17.4 Å². The van der Waals surface area contributed by atoms with Gasteiger partial charge in [0.25, 0.3) is 0 Å². The van der Waals surface area contributed by atoms with E-state index in [1.165, 1.54) is 19.1 Å². The Hall–Kier alpha value is -1.87. The minimum Gasteiger partial charge on any atom is -0.488 e. The van der Waals surface area contributed by atoms with Crippen LogP contribution in [-0.2, 0) is 6.61 Å². The highest BCUT2D eigenvalue weighted by atomic mass is 35.5. The van der Waals surface area contributed by atoms with Crippen molar-refractivity contribution in [2.24, 2.45) is 0 Å². The molecule has 2 nitrogen and oxygen atoms in total. The van der Waals surface area contributed by atoms with Crippen LogP contribution in [0, 0.1) is 5.82 Å². The highest BCUT2D eigenvalue weighted by molar-refractivity contribution is 6.31. The Morgan fingerprint density at radius 1 is 1.21 bits per heavy atom. The van der Waals surface area contributed by atoms with Crippen LogP contribution in [0.25, 0.3) is 0 Å². The SMILES string of the molecule is CC(=O)c1ccccc1OCc1c(F)cccc1Cl. The first-order valence-corrected chi connectivity index (χ1v) is 6.13. The molecule has 0 radical (unpaired) electrons. The molecule has 0 aliphatic heterocycles. The summed E-state index contributed by atoms with van der Waals surface area (Å²) in [5, 5.41) is 0.306. The first-order chi connectivity index (χ1) is 9.09. The van der Waals surface area contributed by atoms with Gasteiger partial charge in [0.05, 0.1) is 10.6 Å². The minimum absolute atomic E-state index is 0.0181. The van der Waals surface area contributed by atoms with E-state index < -0.39 is 5.82 Å². The van der Waals surface area contributed by atoms with Crippen molar-refractivity contribution in [1.29, 1.82) is 0 Å². The zero-order valence-electron chi connectivity index (χ0n) is 10.3. The van der Waals surface area contributed by atoms with Gasteiger partial charge in [-0.25, -0.2) is 4.39 Å². The van der Waals surface area contributed by atoms with Gasteiger partial charge in [0.15, 0.2) is 5.78 Å². The van der Waals surface area contributed by atoms with Crippen molar-refractivity contribution in [3.63, 3.8) is 0 Å². The minimum atomic E-state index is -0.423. The molecule has 2 aromatic rings. The lowest BCUT2D eigenvalue weighted by atomic mass is 10.1. The fourth-order valence-electron chi connectivity index (χ4n) is 1.70. The molecule has 4 heteroatoms. The molecule has 0 saturated carbocycles. The Morgan fingerprint density at radius 3 is 2.63 bits per heavy atom. The number of ether oxygens (including phenoxy) is 1. The molecule has 0 aliphatic rings. The van der Waals surface area contributed by atoms with E-state index in [1.54, 1.807) is 30.3 Å². The van der Waals surface area contributed by atoms with Crippen LogP contribution in [0.2, 0.25) is 5.02 Å². The fraction of sp³-hybridized carbons (Fsp3) is 0.133. The number of para-hydroxylation sites is 1. The van der Waals surface area contributed by atoms with Crippen molar-refractivity contribution in [2.45, 2.75) is 13.5 Å². The lowest BCUT2D eigenvalue weighted by Gasteiger charge is -2.11. The van der Waals surface area contributed by atoms with Crippen molar-refractivity contribution in [2.75, 3.05) is 0 Å². The summed E-state index contributed by atoms with van der Waals surface area (Å²) in [6.45, 7) is 1.44. The highest BCUT2D eigenvalue weighted by Gasteiger charge is 2.11. The summed E-state index contributed by atoms with van der Waals surface area (Å²) in [6, 6.07) is 11.3. The number of rotatable bonds is 4. The number of ketones is 1. The predicted octanol–water partition coefficient (Wildman–Crippen LogP) is 4.26. The molecule has 2 aromatic carbocycles. The molecular formula is C15H12ClFO2. The first kappa shape index (κ1) is 13.6. The Morgan fingerprint density at radius 2 is 1.95 bits per heavy atom. The number of carbonyl (C=O) groups is 1. The first-order valence-electron chi connectivity index (χ1n) is 5.75. The quantitative estimate of drug-likeness (QED) is 0.781. The third kappa shape index (κ3) is 3.12. The summed E-state index contributed by atoms with van der Waals surface area (Å²) in [5.74, 6) is -0.0997. The number of Topliss-reactive ketones (excluding diaryl/α,β-unsaturated/α-hetero) is 1. The van der Waals surface area contributed by atoms with E-state index in [-0.39, 0.29) is 18.0 Å². The third-order valence-electron chi connectivity index (χ3n) is 2.70. The zero-order valence-corrected chi connectivity index (χ0v) is 11.1. The van der Waals surface area contributed by atoms with Gasteiger partial charge < -0.3 is 4.74 Å². The zero-order chi connectivity index (χ0) is 13.8. The van der Waals surface area contributed by atoms with Gasteiger partial charge in [-0.05, 0) is 31.2 Å². The molecule has 0 N–H and O–H groups in total. The van der Waals surface area contributed by atoms with E-state index >= 15 is 0 Å². The summed E-state index contributed by atoms with van der Waals surface area (Å²) in [6.07, 6.45) is 0. The summed E-state index contributed by atoms with van der Waals surface area (Å²) < 4.78 is 19.1. The van der Waals surface area contributed by atoms with Gasteiger partial charge in [-0.2, -0.15) is 0 Å². The third-order valence-corrected chi connectivity index (χ3v) is 3.05. The van der Waals surface area contributed by atoms with Crippen LogP contribution in [0.3, 0.4) is 0 Å². The average molecular weight is 279 g/mol. The van der Waals surface area contributed by atoms with E-state index in [1.807, 2.05) is 0 Å². The van der Waals surface area contributed by atoms with Crippen LogP contribution in [-0.4, -0.2) is 5.78 Å². The standard InChI is InChI=1S/C15H12ClFO2/c1-10(18)11-5-2-3-8-15(11)19-9-12-13(16)6-4-7-14(12)17/h2-8H,9H2,1H3. The van der Waals surface area contributed by atoms with Gasteiger partial charge >= 0.3 is 0 Å². The van der Waals surface area contributed by atoms with Crippen molar-refractivity contribution in [3.05, 3.63) is 64.4 Å². The van der Waals surface area contributed by atoms with Crippen molar-refractivity contribution in [1.82, 2.24) is 0 Å². The smallest absolute Gasteiger partial charge is 0.163 e. The van der Waals surface area contributed by atoms with E-state index in [4.69, 9.17) is 16.3 Å². The number of carbonyl (C=O) groups excluding carboxylic acids is 1. The molecule has 0 heterocycles. The Bertz CT molecular complexity index is 591. The van der Waals surface area contributed by atoms with Crippen molar-refractivity contribution < 1.29 is 13.9 Å². The van der Waals surface area contributed by atoms with Crippen LogP contribution in [0.5, 0.6) is 5.75 Å². The molecule has 0 amide bonds. The average Bonchev–Trinajstić information content (AvgIpc) is 2.38. The highest BCUT2D eigenvalue weighted by Crippen LogP contribution is 2.23. The number of halogens is 2. The van der Waals surface area contributed by atoms with Crippen LogP contribution >= 0.6 is 11.6 Å². The molecule has 0 unspecified atom stereocenters.